The Hall–Kier alpha value is -4.69. The number of methoxy groups -OCH3 is 1. The molecule has 4 fully saturated rings. The predicted octanol–water partition coefficient (Wildman–Crippen LogP) is 7.70. The van der Waals surface area contributed by atoms with E-state index in [-0.39, 0.29) is 22.6 Å². The summed E-state index contributed by atoms with van der Waals surface area (Å²) < 4.78 is 20.6. The van der Waals surface area contributed by atoms with Gasteiger partial charge in [0.25, 0.3) is 5.91 Å². The molecule has 2 unspecified atom stereocenters. The molecule has 298 valence electrons. The van der Waals surface area contributed by atoms with Crippen molar-refractivity contribution in [2.75, 3.05) is 50.3 Å². The Balaban J connectivity index is 0.939. The third kappa shape index (κ3) is 7.35. The van der Waals surface area contributed by atoms with Gasteiger partial charge in [0.2, 0.25) is 0 Å². The van der Waals surface area contributed by atoms with Crippen molar-refractivity contribution in [2.24, 2.45) is 17.3 Å². The van der Waals surface area contributed by atoms with Crippen molar-refractivity contribution in [2.45, 2.75) is 77.5 Å². The highest BCUT2D eigenvalue weighted by Gasteiger charge is 2.58. The fourth-order valence-electron chi connectivity index (χ4n) is 10.8. The van der Waals surface area contributed by atoms with Gasteiger partial charge in [-0.1, -0.05) is 35.6 Å². The maximum absolute atomic E-state index is 13.7. The highest BCUT2D eigenvalue weighted by Crippen LogP contribution is 2.63. The van der Waals surface area contributed by atoms with E-state index in [0.29, 0.717) is 79.8 Å². The first-order valence-electron chi connectivity index (χ1n) is 20.1. The minimum atomic E-state index is -1.09. The van der Waals surface area contributed by atoms with Crippen LogP contribution in [0.4, 0.5) is 10.9 Å². The van der Waals surface area contributed by atoms with Crippen LogP contribution < -0.4 is 10.2 Å². The first-order chi connectivity index (χ1) is 27.6. The number of carbonyl (C=O) groups excluding carboxylic acids is 1. The van der Waals surface area contributed by atoms with Crippen molar-refractivity contribution in [1.82, 2.24) is 19.7 Å². The zero-order chi connectivity index (χ0) is 39.3. The Bertz CT molecular complexity index is 2290. The van der Waals surface area contributed by atoms with E-state index in [0.717, 1.165) is 64.0 Å². The molecule has 10 rings (SSSR count). The molecule has 2 aromatic carbocycles. The number of aromatic nitrogens is 4. The zero-order valence-corrected chi connectivity index (χ0v) is 33.7. The number of amides is 1. The van der Waals surface area contributed by atoms with E-state index in [9.17, 15) is 14.7 Å². The maximum atomic E-state index is 13.7. The zero-order valence-electron chi connectivity index (χ0n) is 32.9. The van der Waals surface area contributed by atoms with Crippen LogP contribution in [0.5, 0.6) is 0 Å². The number of hydrogen-bond donors (Lipinski definition) is 2. The van der Waals surface area contributed by atoms with Gasteiger partial charge in [0.1, 0.15) is 5.82 Å². The van der Waals surface area contributed by atoms with Crippen molar-refractivity contribution in [3.8, 4) is 11.1 Å². The molecule has 2 atom stereocenters. The average molecular weight is 791 g/mol. The summed E-state index contributed by atoms with van der Waals surface area (Å²) in [4.78, 5) is 38.1. The number of thiazole rings is 1. The fourth-order valence-corrected chi connectivity index (χ4v) is 11.7. The Kier molecular flexibility index (Phi) is 10.1. The molecule has 4 heterocycles. The van der Waals surface area contributed by atoms with Crippen LogP contribution in [-0.4, -0.2) is 82.4 Å². The number of para-hydroxylation sites is 1. The van der Waals surface area contributed by atoms with Crippen molar-refractivity contribution in [3.63, 3.8) is 0 Å². The van der Waals surface area contributed by atoms with E-state index < -0.39 is 5.97 Å². The molecular formula is C44H50N6O6S. The van der Waals surface area contributed by atoms with Crippen LogP contribution in [0.2, 0.25) is 0 Å². The maximum Gasteiger partial charge on any atom is 0.355 e. The largest absolute Gasteiger partial charge is 0.476 e. The molecule has 2 N–H and O–H groups in total. The Labute approximate surface area is 336 Å². The first-order valence-corrected chi connectivity index (χ1v) is 20.9. The highest BCUT2D eigenvalue weighted by molar-refractivity contribution is 7.22. The van der Waals surface area contributed by atoms with Crippen molar-refractivity contribution >= 4 is 44.4 Å². The van der Waals surface area contributed by atoms with Gasteiger partial charge in [0, 0.05) is 49.1 Å². The summed E-state index contributed by atoms with van der Waals surface area (Å²) in [7, 11) is 1.68. The Morgan fingerprint density at radius 2 is 1.79 bits per heavy atom. The lowest BCUT2D eigenvalue weighted by Crippen LogP contribution is -2.58. The fraction of sp³-hybridized carbons (Fsp3) is 0.477. The number of nitrogens with zero attached hydrogens (tertiary/aromatic N) is 5. The van der Waals surface area contributed by atoms with Crippen molar-refractivity contribution < 1.29 is 28.9 Å². The molecule has 0 spiro atoms. The summed E-state index contributed by atoms with van der Waals surface area (Å²) in [5.74, 6) is 0.611. The lowest BCUT2D eigenvalue weighted by Gasteiger charge is -2.61. The monoisotopic (exact) mass is 790 g/mol. The Morgan fingerprint density at radius 3 is 2.58 bits per heavy atom. The summed E-state index contributed by atoms with van der Waals surface area (Å²) in [5, 5.41) is 19.0. The van der Waals surface area contributed by atoms with Gasteiger partial charge < -0.3 is 24.2 Å². The van der Waals surface area contributed by atoms with E-state index in [2.05, 4.69) is 25.9 Å². The van der Waals surface area contributed by atoms with Gasteiger partial charge in [0.15, 0.2) is 10.8 Å². The molecule has 4 aliphatic carbocycles. The lowest BCUT2D eigenvalue weighted by atomic mass is 9.48. The number of carboxylic acids is 1. The van der Waals surface area contributed by atoms with Gasteiger partial charge in [-0.2, -0.15) is 5.10 Å². The van der Waals surface area contributed by atoms with Crippen LogP contribution in [0, 0.1) is 31.1 Å². The summed E-state index contributed by atoms with van der Waals surface area (Å²) in [5.41, 5.74) is 6.59. The van der Waals surface area contributed by atoms with Crippen LogP contribution in [0.1, 0.15) is 81.8 Å². The van der Waals surface area contributed by atoms with E-state index >= 15 is 0 Å². The number of anilines is 2. The molecule has 0 radical (unpaired) electrons. The van der Waals surface area contributed by atoms with Gasteiger partial charge in [-0.25, -0.2) is 14.8 Å². The standard InChI is InChI=1S/C44H50N6O6S/c1-27-17-33(34-23-45-50(28(34)2)26-43-19-29-18-30(20-43)22-44(21-29,25-43)56-16-15-55-14-13-54-3)38(41(52)53)47-39(27)49-12-11-31-7-6-8-32(35(31)24-49)40(51)48-42-46-36-9-4-5-10-37(36)57-42/h4-10,17,23,29-30H,11-16,18-22,24-26H2,1-3H3,(H,52,53)(H,46,48,51). The smallest absolute Gasteiger partial charge is 0.355 e. The van der Waals surface area contributed by atoms with Gasteiger partial charge in [-0.3, -0.25) is 14.8 Å². The number of carboxylic acid groups (broad SMARTS) is 1. The summed E-state index contributed by atoms with van der Waals surface area (Å²) >= 11 is 1.44. The molecular weight excluding hydrogens is 741 g/mol. The number of nitrogens with one attached hydrogen (secondary N) is 1. The molecule has 5 aromatic rings. The van der Waals surface area contributed by atoms with Crippen molar-refractivity contribution in [3.05, 3.63) is 88.4 Å². The molecule has 13 heteroatoms. The third-order valence-corrected chi connectivity index (χ3v) is 13.7. The first kappa shape index (κ1) is 37.9. The van der Waals surface area contributed by atoms with E-state index in [1.807, 2.05) is 62.5 Å². The number of benzene rings is 2. The van der Waals surface area contributed by atoms with E-state index in [1.165, 1.54) is 30.6 Å². The summed E-state index contributed by atoms with van der Waals surface area (Å²) in [6, 6.07) is 15.6. The van der Waals surface area contributed by atoms with Crippen LogP contribution in [0.15, 0.2) is 54.7 Å². The number of aromatic carboxylic acids is 1. The molecule has 4 saturated carbocycles. The summed E-state index contributed by atoms with van der Waals surface area (Å²) in [6.07, 6.45) is 9.39. The molecule has 0 saturated heterocycles. The number of hydrogen-bond acceptors (Lipinski definition) is 10. The van der Waals surface area contributed by atoms with Gasteiger partial charge >= 0.3 is 5.97 Å². The summed E-state index contributed by atoms with van der Waals surface area (Å²) in [6.45, 7) is 8.22. The second-order valence-corrected chi connectivity index (χ2v) is 17.8. The molecule has 57 heavy (non-hydrogen) atoms. The molecule has 1 aliphatic heterocycles. The SMILES string of the molecule is COCCOCCOC12CC3CC(CC(Cn4ncc(-c5cc(C)c(N6CCc7cccc(C(=O)Nc8nc9ccccc9s8)c7C6)nc5C(=O)O)c4C)(C3)C1)C2. The minimum absolute atomic E-state index is 0.000728. The van der Waals surface area contributed by atoms with Crippen LogP contribution in [0.3, 0.4) is 0 Å². The van der Waals surface area contributed by atoms with E-state index in [4.69, 9.17) is 24.3 Å². The number of rotatable bonds is 14. The lowest BCUT2D eigenvalue weighted by molar-refractivity contribution is -0.201. The molecule has 3 aromatic heterocycles. The van der Waals surface area contributed by atoms with Gasteiger partial charge in [0.05, 0.1) is 48.4 Å². The van der Waals surface area contributed by atoms with E-state index in [1.54, 1.807) is 7.11 Å². The number of ether oxygens (including phenoxy) is 3. The normalized spacial score (nSPS) is 23.6. The van der Waals surface area contributed by atoms with Gasteiger partial charge in [-0.05, 0) is 117 Å². The van der Waals surface area contributed by atoms with Crippen molar-refractivity contribution in [1.29, 1.82) is 0 Å². The average Bonchev–Trinajstić information content (AvgIpc) is 3.76. The van der Waals surface area contributed by atoms with Crippen LogP contribution >= 0.6 is 11.3 Å². The van der Waals surface area contributed by atoms with Crippen LogP contribution in [-0.2, 0) is 33.7 Å². The third-order valence-electron chi connectivity index (χ3n) is 12.8. The number of aryl methyl sites for hydroxylation is 1. The minimum Gasteiger partial charge on any atom is -0.476 e. The quantitative estimate of drug-likeness (QED) is 0.108. The van der Waals surface area contributed by atoms with Crippen LogP contribution in [0.25, 0.3) is 21.3 Å². The highest BCUT2D eigenvalue weighted by atomic mass is 32.1. The Morgan fingerprint density at radius 1 is 0.982 bits per heavy atom. The number of pyridine rings is 1. The second-order valence-electron chi connectivity index (χ2n) is 16.8. The number of fused-ring (bicyclic) bond motifs is 2. The molecule has 4 bridgehead atoms. The number of carbonyl (C=O) groups is 2. The molecule has 1 amide bonds. The van der Waals surface area contributed by atoms with Gasteiger partial charge in [-0.15, -0.1) is 0 Å². The molecule has 5 aliphatic rings. The molecule has 12 nitrogen and oxygen atoms in total. The predicted molar refractivity (Wildman–Crippen MR) is 219 cm³/mol. The topological polar surface area (TPSA) is 141 Å². The second kappa shape index (κ2) is 15.2.